The Morgan fingerprint density at radius 3 is 2.48 bits per heavy atom. The number of nitrogens with one attached hydrogen (secondary N) is 1. The Balaban J connectivity index is 1.96. The summed E-state index contributed by atoms with van der Waals surface area (Å²) in [7, 11) is 3.21. The molecule has 0 fully saturated rings. The number of benzene rings is 2. The van der Waals surface area contributed by atoms with Crippen molar-refractivity contribution >= 4 is 5.91 Å². The molecule has 1 atom stereocenters. The summed E-state index contributed by atoms with van der Waals surface area (Å²) in [6.07, 6.45) is 1.00. The number of ether oxygens (including phenoxy) is 2. The highest BCUT2D eigenvalue weighted by Gasteiger charge is 2.15. The third-order valence-electron chi connectivity index (χ3n) is 4.00. The van der Waals surface area contributed by atoms with Gasteiger partial charge in [-0.25, -0.2) is 0 Å². The van der Waals surface area contributed by atoms with Gasteiger partial charge in [-0.3, -0.25) is 4.79 Å². The molecule has 0 heterocycles. The summed E-state index contributed by atoms with van der Waals surface area (Å²) in [5.74, 6) is 1.39. The van der Waals surface area contributed by atoms with Crippen LogP contribution in [0.3, 0.4) is 0 Å². The van der Waals surface area contributed by atoms with Crippen molar-refractivity contribution in [3.8, 4) is 17.6 Å². The molecule has 25 heavy (non-hydrogen) atoms. The minimum atomic E-state index is -0.196. The molecule has 130 valence electrons. The second kappa shape index (κ2) is 8.74. The van der Waals surface area contributed by atoms with Gasteiger partial charge < -0.3 is 14.8 Å². The van der Waals surface area contributed by atoms with Crippen molar-refractivity contribution in [3.05, 3.63) is 59.2 Å². The molecular formula is C20H22N2O3. The summed E-state index contributed by atoms with van der Waals surface area (Å²) < 4.78 is 10.6. The van der Waals surface area contributed by atoms with Gasteiger partial charge in [-0.15, -0.1) is 0 Å². The lowest BCUT2D eigenvalue weighted by molar-refractivity contribution is -0.121. The predicted molar refractivity (Wildman–Crippen MR) is 95.6 cm³/mol. The summed E-state index contributed by atoms with van der Waals surface area (Å²) in [6, 6.07) is 14.7. The number of hydrogen-bond acceptors (Lipinski definition) is 4. The van der Waals surface area contributed by atoms with E-state index in [4.69, 9.17) is 14.7 Å². The Morgan fingerprint density at radius 1 is 1.16 bits per heavy atom. The number of aryl methyl sites for hydroxylation is 1. The van der Waals surface area contributed by atoms with Crippen LogP contribution in [0.4, 0.5) is 0 Å². The summed E-state index contributed by atoms with van der Waals surface area (Å²) in [6.45, 7) is 1.91. The third kappa shape index (κ3) is 4.98. The van der Waals surface area contributed by atoms with E-state index in [0.29, 0.717) is 24.2 Å². The van der Waals surface area contributed by atoms with E-state index in [9.17, 15) is 4.79 Å². The van der Waals surface area contributed by atoms with Gasteiger partial charge in [0.15, 0.2) is 0 Å². The van der Waals surface area contributed by atoms with Crippen molar-refractivity contribution in [1.29, 1.82) is 5.26 Å². The molecule has 0 aliphatic rings. The van der Waals surface area contributed by atoms with Crippen LogP contribution in [0.5, 0.6) is 11.5 Å². The van der Waals surface area contributed by atoms with Crippen molar-refractivity contribution < 1.29 is 14.3 Å². The van der Waals surface area contributed by atoms with Gasteiger partial charge in [0.2, 0.25) is 5.91 Å². The Bertz CT molecular complexity index is 764. The molecule has 0 saturated heterocycles. The number of amides is 1. The first-order chi connectivity index (χ1) is 12.1. The SMILES string of the molecule is COc1ccc(OC)c([C@H](C)NC(=O)CCc2ccc(C#N)cc2)c1. The molecule has 0 spiro atoms. The van der Waals surface area contributed by atoms with Crippen molar-refractivity contribution in [2.75, 3.05) is 14.2 Å². The number of methoxy groups -OCH3 is 2. The highest BCUT2D eigenvalue weighted by molar-refractivity contribution is 5.76. The summed E-state index contributed by atoms with van der Waals surface area (Å²) in [4.78, 5) is 12.2. The number of carbonyl (C=O) groups excluding carboxylic acids is 1. The molecule has 1 N–H and O–H groups in total. The first kappa shape index (κ1) is 18.3. The first-order valence-corrected chi connectivity index (χ1v) is 8.07. The van der Waals surface area contributed by atoms with Crippen LogP contribution in [0.1, 0.15) is 36.1 Å². The minimum absolute atomic E-state index is 0.0401. The molecular weight excluding hydrogens is 316 g/mol. The Hall–Kier alpha value is -3.00. The van der Waals surface area contributed by atoms with Crippen LogP contribution in [-0.2, 0) is 11.2 Å². The van der Waals surface area contributed by atoms with Gasteiger partial charge in [-0.1, -0.05) is 12.1 Å². The van der Waals surface area contributed by atoms with E-state index < -0.39 is 0 Å². The van der Waals surface area contributed by atoms with Crippen LogP contribution in [0.2, 0.25) is 0 Å². The summed E-state index contributed by atoms with van der Waals surface area (Å²) in [5, 5.41) is 11.8. The summed E-state index contributed by atoms with van der Waals surface area (Å²) in [5.41, 5.74) is 2.52. The highest BCUT2D eigenvalue weighted by atomic mass is 16.5. The first-order valence-electron chi connectivity index (χ1n) is 8.07. The smallest absolute Gasteiger partial charge is 0.220 e. The second-order valence-corrected chi connectivity index (χ2v) is 5.71. The predicted octanol–water partition coefficient (Wildman–Crippen LogP) is 3.39. The van der Waals surface area contributed by atoms with E-state index in [1.54, 1.807) is 26.4 Å². The van der Waals surface area contributed by atoms with Crippen molar-refractivity contribution in [2.24, 2.45) is 0 Å². The second-order valence-electron chi connectivity index (χ2n) is 5.71. The fourth-order valence-corrected chi connectivity index (χ4v) is 2.57. The van der Waals surface area contributed by atoms with E-state index >= 15 is 0 Å². The number of nitriles is 1. The molecule has 0 bridgehead atoms. The molecule has 0 aromatic heterocycles. The normalized spacial score (nSPS) is 11.3. The van der Waals surface area contributed by atoms with Gasteiger partial charge in [0.05, 0.1) is 31.9 Å². The molecule has 5 nitrogen and oxygen atoms in total. The average Bonchev–Trinajstić information content (AvgIpc) is 2.66. The van der Waals surface area contributed by atoms with Crippen LogP contribution in [0.15, 0.2) is 42.5 Å². The largest absolute Gasteiger partial charge is 0.497 e. The Kier molecular flexibility index (Phi) is 6.41. The van der Waals surface area contributed by atoms with Crippen LogP contribution in [-0.4, -0.2) is 20.1 Å². The number of carbonyl (C=O) groups is 1. The van der Waals surface area contributed by atoms with Crippen LogP contribution in [0.25, 0.3) is 0 Å². The zero-order chi connectivity index (χ0) is 18.2. The van der Waals surface area contributed by atoms with E-state index in [2.05, 4.69) is 11.4 Å². The zero-order valence-electron chi connectivity index (χ0n) is 14.7. The van der Waals surface area contributed by atoms with Crippen LogP contribution in [0, 0.1) is 11.3 Å². The minimum Gasteiger partial charge on any atom is -0.497 e. The maximum atomic E-state index is 12.2. The fourth-order valence-electron chi connectivity index (χ4n) is 2.57. The quantitative estimate of drug-likeness (QED) is 0.840. The topological polar surface area (TPSA) is 71.3 Å². The van der Waals surface area contributed by atoms with E-state index in [1.807, 2.05) is 37.3 Å². The molecule has 2 aromatic rings. The standard InChI is InChI=1S/C20H22N2O3/c1-14(18-12-17(24-2)9-10-19(18)25-3)22-20(23)11-8-15-4-6-16(13-21)7-5-15/h4-7,9-10,12,14H,8,11H2,1-3H3,(H,22,23)/t14-/m0/s1. The molecule has 2 rings (SSSR count). The van der Waals surface area contributed by atoms with Crippen molar-refractivity contribution in [2.45, 2.75) is 25.8 Å². The number of hydrogen-bond donors (Lipinski definition) is 1. The number of nitrogens with zero attached hydrogens (tertiary/aromatic N) is 1. The lowest BCUT2D eigenvalue weighted by Gasteiger charge is -2.18. The van der Waals surface area contributed by atoms with Crippen molar-refractivity contribution in [1.82, 2.24) is 5.32 Å². The van der Waals surface area contributed by atoms with Crippen LogP contribution < -0.4 is 14.8 Å². The number of rotatable bonds is 7. The van der Waals surface area contributed by atoms with Gasteiger partial charge >= 0.3 is 0 Å². The van der Waals surface area contributed by atoms with Crippen molar-refractivity contribution in [3.63, 3.8) is 0 Å². The Labute approximate surface area is 148 Å². The zero-order valence-corrected chi connectivity index (χ0v) is 14.7. The van der Waals surface area contributed by atoms with Gasteiger partial charge in [0, 0.05) is 12.0 Å². The molecule has 0 saturated carbocycles. The lowest BCUT2D eigenvalue weighted by atomic mass is 10.0. The molecule has 1 amide bonds. The highest BCUT2D eigenvalue weighted by Crippen LogP contribution is 2.29. The fraction of sp³-hybridized carbons (Fsp3) is 0.300. The average molecular weight is 338 g/mol. The maximum Gasteiger partial charge on any atom is 0.220 e. The molecule has 0 radical (unpaired) electrons. The summed E-state index contributed by atoms with van der Waals surface area (Å²) >= 11 is 0. The third-order valence-corrected chi connectivity index (χ3v) is 4.00. The van der Waals surface area contributed by atoms with Gasteiger partial charge in [-0.05, 0) is 49.2 Å². The monoisotopic (exact) mass is 338 g/mol. The van der Waals surface area contributed by atoms with Gasteiger partial charge in [0.1, 0.15) is 11.5 Å². The lowest BCUT2D eigenvalue weighted by Crippen LogP contribution is -2.27. The Morgan fingerprint density at radius 2 is 1.88 bits per heavy atom. The van der Waals surface area contributed by atoms with E-state index in [0.717, 1.165) is 16.9 Å². The van der Waals surface area contributed by atoms with Gasteiger partial charge in [-0.2, -0.15) is 5.26 Å². The molecule has 2 aromatic carbocycles. The van der Waals surface area contributed by atoms with Gasteiger partial charge in [0.25, 0.3) is 0 Å². The van der Waals surface area contributed by atoms with E-state index in [1.165, 1.54) is 0 Å². The maximum absolute atomic E-state index is 12.2. The van der Waals surface area contributed by atoms with E-state index in [-0.39, 0.29) is 11.9 Å². The molecule has 5 heteroatoms. The molecule has 0 unspecified atom stereocenters. The molecule has 0 aliphatic heterocycles. The molecule has 0 aliphatic carbocycles. The van der Waals surface area contributed by atoms with Crippen LogP contribution >= 0.6 is 0 Å².